The minimum Gasteiger partial charge on any atom is -0.493 e. The summed E-state index contributed by atoms with van der Waals surface area (Å²) < 4.78 is 16.4. The summed E-state index contributed by atoms with van der Waals surface area (Å²) in [6.07, 6.45) is 2.63. The van der Waals surface area contributed by atoms with Crippen molar-refractivity contribution in [3.05, 3.63) is 65.0 Å². The van der Waals surface area contributed by atoms with Crippen LogP contribution in [0.25, 0.3) is 10.9 Å². The van der Waals surface area contributed by atoms with E-state index in [0.29, 0.717) is 40.9 Å². The highest BCUT2D eigenvalue weighted by Gasteiger charge is 2.67. The molecule has 1 aromatic heterocycles. The molecule has 7 heteroatoms. The molecule has 2 fully saturated rings. The van der Waals surface area contributed by atoms with Crippen molar-refractivity contribution >= 4 is 22.6 Å². The number of likely N-dealkylation sites (tertiary alicyclic amines) is 1. The van der Waals surface area contributed by atoms with Gasteiger partial charge >= 0.3 is 0 Å². The van der Waals surface area contributed by atoms with Crippen molar-refractivity contribution in [2.75, 3.05) is 27.9 Å². The van der Waals surface area contributed by atoms with Crippen molar-refractivity contribution in [2.45, 2.75) is 11.8 Å². The summed E-state index contributed by atoms with van der Waals surface area (Å²) in [7, 11) is 4.65. The number of allylic oxidation sites excluding steroid dienone is 2. The molecule has 2 aromatic carbocycles. The van der Waals surface area contributed by atoms with Crippen LogP contribution in [0.1, 0.15) is 32.8 Å². The molecule has 2 atom stereocenters. The van der Waals surface area contributed by atoms with Crippen LogP contribution >= 0.6 is 0 Å². The van der Waals surface area contributed by atoms with Crippen LogP contribution in [-0.4, -0.2) is 49.4 Å². The number of carbonyl (C=O) groups excluding carboxylic acids is 2. The number of benzene rings is 2. The Bertz CT molecular complexity index is 1350. The molecule has 1 saturated carbocycles. The fraction of sp³-hybridized carbons (Fsp3) is 0.280. The number of nitrogens with zero attached hydrogens (tertiary/aromatic N) is 1. The Morgan fingerprint density at radius 1 is 1.09 bits per heavy atom. The van der Waals surface area contributed by atoms with Crippen LogP contribution in [-0.2, 0) is 5.41 Å². The van der Waals surface area contributed by atoms with Crippen LogP contribution in [0.5, 0.6) is 17.2 Å². The predicted octanol–water partition coefficient (Wildman–Crippen LogP) is 3.69. The topological polar surface area (TPSA) is 80.9 Å². The Morgan fingerprint density at radius 2 is 1.88 bits per heavy atom. The number of fused-ring (bicyclic) bond motifs is 2. The van der Waals surface area contributed by atoms with Crippen molar-refractivity contribution in [1.29, 1.82) is 0 Å². The number of rotatable bonds is 4. The fourth-order valence-electron chi connectivity index (χ4n) is 5.58. The molecule has 162 valence electrons. The Hall–Kier alpha value is -3.74. The number of nitrogens with one attached hydrogen (secondary N) is 1. The highest BCUT2D eigenvalue weighted by atomic mass is 16.5. The number of H-pyrrole nitrogens is 1. The monoisotopic (exact) mass is 430 g/mol. The molecular formula is C25H22N2O5. The highest BCUT2D eigenvalue weighted by Crippen LogP contribution is 2.66. The van der Waals surface area contributed by atoms with Crippen LogP contribution < -0.4 is 14.2 Å². The van der Waals surface area contributed by atoms with Gasteiger partial charge in [0.25, 0.3) is 5.91 Å². The summed E-state index contributed by atoms with van der Waals surface area (Å²) in [5.41, 5.74) is 3.50. The molecule has 6 rings (SSSR count). The van der Waals surface area contributed by atoms with Crippen LogP contribution in [0.15, 0.2) is 48.2 Å². The number of piperidine rings is 1. The maximum atomic E-state index is 13.6. The first kappa shape index (κ1) is 19.0. The normalized spacial score (nSPS) is 22.7. The third-order valence-electron chi connectivity index (χ3n) is 7.09. The molecule has 1 spiro atoms. The van der Waals surface area contributed by atoms with E-state index in [4.69, 9.17) is 14.2 Å². The van der Waals surface area contributed by atoms with Gasteiger partial charge in [0.15, 0.2) is 17.3 Å². The molecule has 32 heavy (non-hydrogen) atoms. The minimum atomic E-state index is -0.212. The standard InChI is InChI=1S/C25H22N2O5/c1-30-19-9-13-8-17(26-21(13)23(32-3)22(19)31-2)24(29)27-12-14-11-25(14)16-7-5-4-6-15(16)18(28)10-20(25)27/h4-10,14,26H,11-12H2,1-3H3/t14-,25-/m0/s1. The number of ketones is 1. The van der Waals surface area contributed by atoms with Gasteiger partial charge in [-0.3, -0.25) is 9.59 Å². The van der Waals surface area contributed by atoms with Crippen molar-refractivity contribution in [2.24, 2.45) is 5.92 Å². The van der Waals surface area contributed by atoms with E-state index in [1.54, 1.807) is 38.4 Å². The van der Waals surface area contributed by atoms with Gasteiger partial charge in [-0.1, -0.05) is 24.3 Å². The van der Waals surface area contributed by atoms with Gasteiger partial charge in [0, 0.05) is 34.7 Å². The lowest BCUT2D eigenvalue weighted by atomic mass is 9.81. The predicted molar refractivity (Wildman–Crippen MR) is 118 cm³/mol. The number of aromatic nitrogens is 1. The number of hydrogen-bond donors (Lipinski definition) is 1. The Balaban J connectivity index is 1.43. The zero-order valence-corrected chi connectivity index (χ0v) is 18.0. The molecule has 2 aliphatic carbocycles. The second-order valence-electron chi connectivity index (χ2n) is 8.52. The first-order chi connectivity index (χ1) is 15.5. The number of amides is 1. The molecule has 2 heterocycles. The molecule has 3 aromatic rings. The van der Waals surface area contributed by atoms with Crippen molar-refractivity contribution in [3.8, 4) is 17.2 Å². The molecule has 3 aliphatic rings. The molecular weight excluding hydrogens is 408 g/mol. The maximum Gasteiger partial charge on any atom is 0.274 e. The van der Waals surface area contributed by atoms with Crippen molar-refractivity contribution in [3.63, 3.8) is 0 Å². The lowest BCUT2D eigenvalue weighted by Crippen LogP contribution is -2.33. The third kappa shape index (κ3) is 2.25. The lowest BCUT2D eigenvalue weighted by molar-refractivity contribution is 0.0806. The van der Waals surface area contributed by atoms with E-state index < -0.39 is 0 Å². The summed E-state index contributed by atoms with van der Waals surface area (Å²) in [5.74, 6) is 1.59. The largest absolute Gasteiger partial charge is 0.493 e. The maximum absolute atomic E-state index is 13.6. The molecule has 1 aliphatic heterocycles. The van der Waals surface area contributed by atoms with E-state index in [0.717, 1.165) is 28.6 Å². The zero-order chi connectivity index (χ0) is 22.2. The molecule has 1 N–H and O–H groups in total. The van der Waals surface area contributed by atoms with Gasteiger partial charge in [0.1, 0.15) is 5.69 Å². The zero-order valence-electron chi connectivity index (χ0n) is 18.0. The van der Waals surface area contributed by atoms with Crippen LogP contribution in [0, 0.1) is 5.92 Å². The third-order valence-corrected chi connectivity index (χ3v) is 7.09. The number of hydrogen-bond acceptors (Lipinski definition) is 5. The van der Waals surface area contributed by atoms with E-state index in [1.165, 1.54) is 0 Å². The van der Waals surface area contributed by atoms with Gasteiger partial charge in [-0.2, -0.15) is 0 Å². The minimum absolute atomic E-state index is 0.0423. The molecule has 1 saturated heterocycles. The number of ether oxygens (including phenoxy) is 3. The van der Waals surface area contributed by atoms with Crippen LogP contribution in [0.4, 0.5) is 0 Å². The summed E-state index contributed by atoms with van der Waals surface area (Å²) >= 11 is 0. The average molecular weight is 430 g/mol. The molecule has 0 radical (unpaired) electrons. The van der Waals surface area contributed by atoms with Gasteiger partial charge in [0.05, 0.1) is 26.8 Å². The number of aromatic amines is 1. The van der Waals surface area contributed by atoms with Gasteiger partial charge in [-0.25, -0.2) is 0 Å². The summed E-state index contributed by atoms with van der Waals surface area (Å²) in [6.45, 7) is 0.603. The molecule has 0 bridgehead atoms. The summed E-state index contributed by atoms with van der Waals surface area (Å²) in [6, 6.07) is 11.4. The summed E-state index contributed by atoms with van der Waals surface area (Å²) in [4.78, 5) is 31.4. The molecule has 0 unspecified atom stereocenters. The molecule has 1 amide bonds. The smallest absolute Gasteiger partial charge is 0.274 e. The quantitative estimate of drug-likeness (QED) is 0.683. The summed E-state index contributed by atoms with van der Waals surface area (Å²) in [5, 5.41) is 0.779. The van der Waals surface area contributed by atoms with E-state index >= 15 is 0 Å². The van der Waals surface area contributed by atoms with E-state index in [9.17, 15) is 9.59 Å². The van der Waals surface area contributed by atoms with Gasteiger partial charge < -0.3 is 24.1 Å². The van der Waals surface area contributed by atoms with Crippen LogP contribution in [0.3, 0.4) is 0 Å². The average Bonchev–Trinajstić information content (AvgIpc) is 3.20. The van der Waals surface area contributed by atoms with Crippen molar-refractivity contribution in [1.82, 2.24) is 9.88 Å². The van der Waals surface area contributed by atoms with Gasteiger partial charge in [0.2, 0.25) is 5.75 Å². The van der Waals surface area contributed by atoms with Crippen LogP contribution in [0.2, 0.25) is 0 Å². The van der Waals surface area contributed by atoms with E-state index in [-0.39, 0.29) is 17.1 Å². The van der Waals surface area contributed by atoms with Crippen molar-refractivity contribution < 1.29 is 23.8 Å². The Kier molecular flexibility index (Phi) is 3.79. The Morgan fingerprint density at radius 3 is 2.62 bits per heavy atom. The highest BCUT2D eigenvalue weighted by molar-refractivity contribution is 6.10. The number of methoxy groups -OCH3 is 3. The first-order valence-electron chi connectivity index (χ1n) is 10.5. The second-order valence-corrected chi connectivity index (χ2v) is 8.52. The van der Waals surface area contributed by atoms with E-state index in [2.05, 4.69) is 4.98 Å². The fourth-order valence-corrected chi connectivity index (χ4v) is 5.58. The second kappa shape index (κ2) is 6.38. The molecule has 7 nitrogen and oxygen atoms in total. The number of carbonyl (C=O) groups is 2. The van der Waals surface area contributed by atoms with E-state index in [1.807, 2.05) is 30.3 Å². The van der Waals surface area contributed by atoms with Gasteiger partial charge in [-0.05, 0) is 30.0 Å². The lowest BCUT2D eigenvalue weighted by Gasteiger charge is -2.29. The SMILES string of the molecule is COc1cc2cc(C(=O)N3C[C@@H]4C[C@]45C3=CC(=O)c3ccccc35)[nH]c2c(OC)c1OC. The van der Waals surface area contributed by atoms with Gasteiger partial charge in [-0.15, -0.1) is 0 Å². The first-order valence-corrected chi connectivity index (χ1v) is 10.5. The Labute approximate surface area is 184 Å².